The van der Waals surface area contributed by atoms with Crippen molar-refractivity contribution in [2.45, 2.75) is 6.92 Å². The van der Waals surface area contributed by atoms with Gasteiger partial charge in [0.25, 0.3) is 11.8 Å². The molecule has 1 aliphatic rings. The van der Waals surface area contributed by atoms with Gasteiger partial charge in [0.15, 0.2) is 12.4 Å². The average Bonchev–Trinajstić information content (AvgIpc) is 2.91. The summed E-state index contributed by atoms with van der Waals surface area (Å²) >= 11 is 6.00. The number of benzene rings is 2. The molecule has 1 aliphatic heterocycles. The molecule has 0 saturated carbocycles. The second-order valence-electron chi connectivity index (χ2n) is 5.70. The normalized spacial score (nSPS) is 13.1. The van der Waals surface area contributed by atoms with Gasteiger partial charge in [0.1, 0.15) is 11.3 Å². The largest absolute Gasteiger partial charge is 0.482 e. The number of ether oxygens (including phenoxy) is 1. The standard InChI is InChI=1S/C18H13ClN2O4/c1-9-12-6-10(19)2-4-14(12)25-17(9)18(23)20-11-3-5-15-13(7-11)21-16(22)8-24-15/h2-7H,8H2,1H3,(H,20,23)(H,21,22). The predicted octanol–water partition coefficient (Wildman–Crippen LogP) is 3.98. The minimum Gasteiger partial charge on any atom is -0.482 e. The van der Waals surface area contributed by atoms with Gasteiger partial charge in [0.05, 0.1) is 5.69 Å². The first-order chi connectivity index (χ1) is 12.0. The van der Waals surface area contributed by atoms with Crippen molar-refractivity contribution >= 4 is 45.8 Å². The van der Waals surface area contributed by atoms with Crippen LogP contribution in [0.1, 0.15) is 16.1 Å². The molecular weight excluding hydrogens is 344 g/mol. The van der Waals surface area contributed by atoms with Crippen LogP contribution >= 0.6 is 11.6 Å². The second-order valence-corrected chi connectivity index (χ2v) is 6.14. The summed E-state index contributed by atoms with van der Waals surface area (Å²) in [6.07, 6.45) is 0. The summed E-state index contributed by atoms with van der Waals surface area (Å²) in [5, 5.41) is 6.84. The molecule has 2 heterocycles. The Labute approximate surface area is 147 Å². The summed E-state index contributed by atoms with van der Waals surface area (Å²) in [5.74, 6) is 0.163. The van der Waals surface area contributed by atoms with E-state index in [0.717, 1.165) is 5.39 Å². The molecule has 3 aromatic rings. The van der Waals surface area contributed by atoms with Gasteiger partial charge in [-0.15, -0.1) is 0 Å². The minimum atomic E-state index is -0.382. The lowest BCUT2D eigenvalue weighted by Crippen LogP contribution is -2.25. The van der Waals surface area contributed by atoms with Crippen LogP contribution in [0.3, 0.4) is 0 Å². The smallest absolute Gasteiger partial charge is 0.291 e. The number of carbonyl (C=O) groups is 2. The van der Waals surface area contributed by atoms with E-state index in [1.807, 2.05) is 0 Å². The number of aryl methyl sites for hydroxylation is 1. The topological polar surface area (TPSA) is 80.6 Å². The van der Waals surface area contributed by atoms with Gasteiger partial charge in [0, 0.05) is 21.7 Å². The third-order valence-electron chi connectivity index (χ3n) is 3.97. The SMILES string of the molecule is Cc1c(C(=O)Nc2ccc3c(c2)NC(=O)CO3)oc2ccc(Cl)cc12. The molecule has 0 radical (unpaired) electrons. The average molecular weight is 357 g/mol. The molecule has 0 bridgehead atoms. The molecule has 2 amide bonds. The summed E-state index contributed by atoms with van der Waals surface area (Å²) in [6, 6.07) is 10.2. The van der Waals surface area contributed by atoms with E-state index in [1.165, 1.54) is 0 Å². The zero-order valence-electron chi connectivity index (χ0n) is 13.2. The first-order valence-corrected chi connectivity index (χ1v) is 7.96. The number of furan rings is 1. The number of rotatable bonds is 2. The first-order valence-electron chi connectivity index (χ1n) is 7.58. The molecule has 2 N–H and O–H groups in total. The number of hydrogen-bond donors (Lipinski definition) is 2. The molecule has 0 aliphatic carbocycles. The number of nitrogens with one attached hydrogen (secondary N) is 2. The number of fused-ring (bicyclic) bond motifs is 2. The molecule has 0 spiro atoms. The van der Waals surface area contributed by atoms with E-state index in [2.05, 4.69) is 10.6 Å². The maximum absolute atomic E-state index is 12.6. The lowest BCUT2D eigenvalue weighted by molar-refractivity contribution is -0.118. The monoisotopic (exact) mass is 356 g/mol. The van der Waals surface area contributed by atoms with E-state index in [0.29, 0.717) is 33.3 Å². The van der Waals surface area contributed by atoms with Crippen molar-refractivity contribution in [3.63, 3.8) is 0 Å². The summed E-state index contributed by atoms with van der Waals surface area (Å²) in [6.45, 7) is 1.79. The molecule has 2 aromatic carbocycles. The van der Waals surface area contributed by atoms with E-state index in [1.54, 1.807) is 43.3 Å². The van der Waals surface area contributed by atoms with Crippen LogP contribution in [0, 0.1) is 6.92 Å². The van der Waals surface area contributed by atoms with Crippen LogP contribution in [0.4, 0.5) is 11.4 Å². The van der Waals surface area contributed by atoms with E-state index in [9.17, 15) is 9.59 Å². The fourth-order valence-electron chi connectivity index (χ4n) is 2.76. The Balaban J connectivity index is 1.63. The van der Waals surface area contributed by atoms with Gasteiger partial charge in [-0.1, -0.05) is 11.6 Å². The fraction of sp³-hybridized carbons (Fsp3) is 0.111. The van der Waals surface area contributed by atoms with Crippen LogP contribution in [-0.4, -0.2) is 18.4 Å². The van der Waals surface area contributed by atoms with Crippen molar-refractivity contribution in [3.8, 4) is 5.75 Å². The van der Waals surface area contributed by atoms with E-state index in [4.69, 9.17) is 20.8 Å². The Kier molecular flexibility index (Phi) is 3.62. The highest BCUT2D eigenvalue weighted by atomic mass is 35.5. The van der Waals surface area contributed by atoms with E-state index < -0.39 is 0 Å². The van der Waals surface area contributed by atoms with Gasteiger partial charge in [0.2, 0.25) is 0 Å². The highest BCUT2D eigenvalue weighted by Crippen LogP contribution is 2.32. The summed E-state index contributed by atoms with van der Waals surface area (Å²) in [4.78, 5) is 24.0. The molecule has 0 saturated heterocycles. The Morgan fingerprint density at radius 2 is 2.08 bits per heavy atom. The maximum Gasteiger partial charge on any atom is 0.291 e. The molecular formula is C18H13ClN2O4. The molecule has 0 fully saturated rings. The summed E-state index contributed by atoms with van der Waals surface area (Å²) < 4.78 is 10.9. The molecule has 25 heavy (non-hydrogen) atoms. The fourth-order valence-corrected chi connectivity index (χ4v) is 2.93. The van der Waals surface area contributed by atoms with Crippen LogP contribution in [-0.2, 0) is 4.79 Å². The van der Waals surface area contributed by atoms with Crippen molar-refractivity contribution < 1.29 is 18.7 Å². The van der Waals surface area contributed by atoms with E-state index >= 15 is 0 Å². The summed E-state index contributed by atoms with van der Waals surface area (Å²) in [5.41, 5.74) is 2.34. The lowest BCUT2D eigenvalue weighted by atomic mass is 10.1. The zero-order valence-corrected chi connectivity index (χ0v) is 13.9. The van der Waals surface area contributed by atoms with Gasteiger partial charge in [-0.05, 0) is 43.3 Å². The lowest BCUT2D eigenvalue weighted by Gasteiger charge is -2.18. The number of halogens is 1. The quantitative estimate of drug-likeness (QED) is 0.727. The van der Waals surface area contributed by atoms with Gasteiger partial charge < -0.3 is 19.8 Å². The third-order valence-corrected chi connectivity index (χ3v) is 4.21. The van der Waals surface area contributed by atoms with Crippen LogP contribution < -0.4 is 15.4 Å². The Bertz CT molecular complexity index is 1030. The van der Waals surface area contributed by atoms with Crippen LogP contribution in [0.5, 0.6) is 5.75 Å². The van der Waals surface area contributed by atoms with Crippen LogP contribution in [0.25, 0.3) is 11.0 Å². The van der Waals surface area contributed by atoms with Gasteiger partial charge in [-0.3, -0.25) is 9.59 Å². The first kappa shape index (κ1) is 15.5. The van der Waals surface area contributed by atoms with Gasteiger partial charge in [-0.2, -0.15) is 0 Å². The zero-order chi connectivity index (χ0) is 17.6. The van der Waals surface area contributed by atoms with Crippen LogP contribution in [0.15, 0.2) is 40.8 Å². The summed E-state index contributed by atoms with van der Waals surface area (Å²) in [7, 11) is 0. The number of amides is 2. The van der Waals surface area contributed by atoms with Crippen molar-refractivity contribution in [2.24, 2.45) is 0 Å². The molecule has 1 aromatic heterocycles. The van der Waals surface area contributed by atoms with Gasteiger partial charge in [-0.25, -0.2) is 0 Å². The highest BCUT2D eigenvalue weighted by Gasteiger charge is 2.20. The van der Waals surface area contributed by atoms with Crippen molar-refractivity contribution in [3.05, 3.63) is 52.7 Å². The Morgan fingerprint density at radius 1 is 1.24 bits per heavy atom. The second kappa shape index (κ2) is 5.82. The van der Waals surface area contributed by atoms with Crippen molar-refractivity contribution in [2.75, 3.05) is 17.2 Å². The number of anilines is 2. The highest BCUT2D eigenvalue weighted by molar-refractivity contribution is 6.31. The molecule has 6 nitrogen and oxygen atoms in total. The number of hydrogen-bond acceptors (Lipinski definition) is 4. The van der Waals surface area contributed by atoms with Crippen molar-refractivity contribution in [1.82, 2.24) is 0 Å². The molecule has 7 heteroatoms. The Morgan fingerprint density at radius 3 is 2.92 bits per heavy atom. The maximum atomic E-state index is 12.6. The third kappa shape index (κ3) is 2.81. The Hall–Kier alpha value is -2.99. The van der Waals surface area contributed by atoms with Gasteiger partial charge >= 0.3 is 0 Å². The van der Waals surface area contributed by atoms with E-state index in [-0.39, 0.29) is 24.2 Å². The molecule has 4 rings (SSSR count). The minimum absolute atomic E-state index is 0.0144. The molecule has 0 unspecified atom stereocenters. The predicted molar refractivity (Wildman–Crippen MR) is 94.5 cm³/mol. The molecule has 126 valence electrons. The molecule has 0 atom stereocenters. The van der Waals surface area contributed by atoms with Crippen molar-refractivity contribution in [1.29, 1.82) is 0 Å². The van der Waals surface area contributed by atoms with Crippen LogP contribution in [0.2, 0.25) is 5.02 Å². The number of carbonyl (C=O) groups excluding carboxylic acids is 2.